The number of piperidine rings is 1. The first-order valence-corrected chi connectivity index (χ1v) is 11.4. The van der Waals surface area contributed by atoms with Gasteiger partial charge >= 0.3 is 0 Å². The molecule has 1 aliphatic heterocycles. The first-order valence-electron chi connectivity index (χ1n) is 11.4. The summed E-state index contributed by atoms with van der Waals surface area (Å²) >= 11 is 0. The lowest BCUT2D eigenvalue weighted by atomic mass is 9.49. The summed E-state index contributed by atoms with van der Waals surface area (Å²) in [5.74, 6) is 3.49. The number of nitrogens with one attached hydrogen (secondary N) is 2. The molecule has 0 spiro atoms. The summed E-state index contributed by atoms with van der Waals surface area (Å²) in [7, 11) is 0. The topological polar surface area (TPSA) is 58.2 Å². The zero-order valence-electron chi connectivity index (χ0n) is 18.1. The molecule has 4 heteroatoms. The third-order valence-electron chi connectivity index (χ3n) is 9.34. The number of carbonyl (C=O) groups excluding carboxylic acids is 2. The molecular weight excluding hydrogens is 348 g/mol. The maximum absolute atomic E-state index is 13.1. The van der Waals surface area contributed by atoms with Gasteiger partial charge in [0.25, 0.3) is 0 Å². The predicted octanol–water partition coefficient (Wildman–Crippen LogP) is 3.67. The van der Waals surface area contributed by atoms with E-state index in [0.29, 0.717) is 29.5 Å². The highest BCUT2D eigenvalue weighted by Gasteiger charge is 2.66. The molecular formula is C24H36N2O2. The molecule has 4 fully saturated rings. The van der Waals surface area contributed by atoms with Crippen LogP contribution in [-0.2, 0) is 9.59 Å². The first kappa shape index (κ1) is 18.7. The quantitative estimate of drug-likeness (QED) is 0.725. The molecule has 0 bridgehead atoms. The van der Waals surface area contributed by atoms with E-state index in [1.165, 1.54) is 18.5 Å². The Balaban J connectivity index is 1.42. The maximum atomic E-state index is 13.1. The second-order valence-corrected chi connectivity index (χ2v) is 11.9. The molecule has 5 rings (SSSR count). The molecule has 1 amide bonds. The average Bonchev–Trinajstić information content (AvgIpc) is 3.32. The number of allylic oxidation sites excluding steroid dienone is 2. The minimum Gasteiger partial charge on any atom is -0.387 e. The molecule has 4 nitrogen and oxygen atoms in total. The number of amides is 1. The Morgan fingerprint density at radius 1 is 1.14 bits per heavy atom. The summed E-state index contributed by atoms with van der Waals surface area (Å²) in [6.45, 7) is 12.0. The largest absolute Gasteiger partial charge is 0.387 e. The molecule has 28 heavy (non-hydrogen) atoms. The smallest absolute Gasteiger partial charge is 0.224 e. The maximum Gasteiger partial charge on any atom is 0.224 e. The van der Waals surface area contributed by atoms with E-state index < -0.39 is 0 Å². The van der Waals surface area contributed by atoms with Crippen molar-refractivity contribution in [2.45, 2.75) is 72.3 Å². The van der Waals surface area contributed by atoms with Crippen molar-refractivity contribution in [3.8, 4) is 0 Å². The van der Waals surface area contributed by atoms with E-state index in [2.05, 4.69) is 45.3 Å². The molecule has 2 N–H and O–H groups in total. The van der Waals surface area contributed by atoms with Crippen LogP contribution in [0.25, 0.3) is 0 Å². The molecule has 1 heterocycles. The third-order valence-corrected chi connectivity index (χ3v) is 9.34. The second kappa shape index (κ2) is 5.64. The van der Waals surface area contributed by atoms with E-state index in [1.807, 2.05) is 6.08 Å². The van der Waals surface area contributed by atoms with Gasteiger partial charge in [-0.15, -0.1) is 0 Å². The number of fused-ring (bicyclic) bond motifs is 7. The number of carbonyl (C=O) groups is 2. The summed E-state index contributed by atoms with van der Waals surface area (Å²) in [6, 6.07) is 0. The van der Waals surface area contributed by atoms with Gasteiger partial charge in [-0.25, -0.2) is 0 Å². The molecule has 3 saturated carbocycles. The standard InChI is InChI=1S/C24H36N2O2/c1-22(2,3)26-21(28)17-7-6-15-14-12-25-20-11-19(27)13-10-18(13)24(20,5)16(14)8-9-23(15,17)4/h11,13-18,25H,6-10,12H2,1-5H3,(H,26,28)/t13-,14+,15+,16+,17-,18+,23+,24+/m1/s1. The SMILES string of the molecule is CC(C)(C)NC(=O)[C@H]1CC[C@H]2[C@@H]3CNC4=CC(=O)[C@@H]5C[C@@H]5[C@]4(C)[C@H]3CC[C@]12C. The van der Waals surface area contributed by atoms with Crippen molar-refractivity contribution >= 4 is 11.7 Å². The normalized spacial score (nSPS) is 49.0. The van der Waals surface area contributed by atoms with Gasteiger partial charge in [-0.3, -0.25) is 9.59 Å². The summed E-state index contributed by atoms with van der Waals surface area (Å²) in [5, 5.41) is 6.96. The van der Waals surface area contributed by atoms with Gasteiger partial charge in [-0.05, 0) is 82.0 Å². The Bertz CT molecular complexity index is 765. The van der Waals surface area contributed by atoms with Gasteiger partial charge in [0.15, 0.2) is 5.78 Å². The van der Waals surface area contributed by atoms with Crippen LogP contribution in [0.4, 0.5) is 0 Å². The van der Waals surface area contributed by atoms with Crippen molar-refractivity contribution < 1.29 is 9.59 Å². The fraction of sp³-hybridized carbons (Fsp3) is 0.833. The number of hydrogen-bond acceptors (Lipinski definition) is 3. The van der Waals surface area contributed by atoms with Crippen LogP contribution in [0.1, 0.15) is 66.7 Å². The van der Waals surface area contributed by atoms with Crippen LogP contribution in [-0.4, -0.2) is 23.8 Å². The molecule has 0 aromatic carbocycles. The lowest BCUT2D eigenvalue weighted by Crippen LogP contribution is -2.58. The molecule has 0 aromatic heterocycles. The van der Waals surface area contributed by atoms with E-state index >= 15 is 0 Å². The summed E-state index contributed by atoms with van der Waals surface area (Å²) < 4.78 is 0. The minimum atomic E-state index is -0.169. The van der Waals surface area contributed by atoms with Crippen molar-refractivity contribution in [3.05, 3.63) is 11.8 Å². The molecule has 0 radical (unpaired) electrons. The molecule has 0 unspecified atom stereocenters. The van der Waals surface area contributed by atoms with Gasteiger partial charge in [-0.2, -0.15) is 0 Å². The van der Waals surface area contributed by atoms with Gasteiger partial charge in [0.1, 0.15) is 0 Å². The van der Waals surface area contributed by atoms with Gasteiger partial charge in [0.05, 0.1) is 0 Å². The van der Waals surface area contributed by atoms with Crippen molar-refractivity contribution in [2.75, 3.05) is 6.54 Å². The Labute approximate surface area is 169 Å². The van der Waals surface area contributed by atoms with Gasteiger partial charge in [0, 0.05) is 41.1 Å². The van der Waals surface area contributed by atoms with Crippen LogP contribution < -0.4 is 10.6 Å². The summed E-state index contributed by atoms with van der Waals surface area (Å²) in [6.07, 6.45) is 7.56. The highest BCUT2D eigenvalue weighted by Crippen LogP contribution is 2.69. The third kappa shape index (κ3) is 2.42. The van der Waals surface area contributed by atoms with E-state index in [-0.39, 0.29) is 34.1 Å². The molecule has 154 valence electrons. The van der Waals surface area contributed by atoms with Crippen LogP contribution >= 0.6 is 0 Å². The zero-order valence-corrected chi connectivity index (χ0v) is 18.1. The fourth-order valence-corrected chi connectivity index (χ4v) is 7.92. The number of hydrogen-bond donors (Lipinski definition) is 2. The van der Waals surface area contributed by atoms with Crippen LogP contribution in [0, 0.1) is 46.3 Å². The van der Waals surface area contributed by atoms with Gasteiger partial charge in [-0.1, -0.05) is 13.8 Å². The molecule has 8 atom stereocenters. The van der Waals surface area contributed by atoms with Crippen molar-refractivity contribution in [1.29, 1.82) is 0 Å². The molecule has 0 aromatic rings. The number of ketones is 1. The van der Waals surface area contributed by atoms with E-state index in [9.17, 15) is 9.59 Å². The van der Waals surface area contributed by atoms with Crippen molar-refractivity contribution in [3.63, 3.8) is 0 Å². The highest BCUT2D eigenvalue weighted by atomic mass is 16.2. The lowest BCUT2D eigenvalue weighted by molar-refractivity contribution is -0.134. The van der Waals surface area contributed by atoms with Crippen molar-refractivity contribution in [2.24, 2.45) is 46.3 Å². The number of rotatable bonds is 1. The second-order valence-electron chi connectivity index (χ2n) is 11.9. The highest BCUT2D eigenvalue weighted by molar-refractivity contribution is 5.96. The molecule has 5 aliphatic rings. The van der Waals surface area contributed by atoms with Crippen LogP contribution in [0.2, 0.25) is 0 Å². The van der Waals surface area contributed by atoms with E-state index in [4.69, 9.17) is 0 Å². The molecule has 1 saturated heterocycles. The van der Waals surface area contributed by atoms with Crippen molar-refractivity contribution in [1.82, 2.24) is 10.6 Å². The lowest BCUT2D eigenvalue weighted by Gasteiger charge is -2.58. The molecule has 4 aliphatic carbocycles. The minimum absolute atomic E-state index is 0.114. The summed E-state index contributed by atoms with van der Waals surface area (Å²) in [4.78, 5) is 25.4. The Morgan fingerprint density at radius 2 is 1.89 bits per heavy atom. The monoisotopic (exact) mass is 384 g/mol. The predicted molar refractivity (Wildman–Crippen MR) is 109 cm³/mol. The average molecular weight is 385 g/mol. The zero-order chi connectivity index (χ0) is 20.1. The Morgan fingerprint density at radius 3 is 2.61 bits per heavy atom. The Kier molecular flexibility index (Phi) is 3.76. The van der Waals surface area contributed by atoms with Crippen LogP contribution in [0.3, 0.4) is 0 Å². The fourth-order valence-electron chi connectivity index (χ4n) is 7.92. The van der Waals surface area contributed by atoms with Crippen LogP contribution in [0.5, 0.6) is 0 Å². The van der Waals surface area contributed by atoms with E-state index in [0.717, 1.165) is 25.8 Å². The Hall–Kier alpha value is -1.32. The summed E-state index contributed by atoms with van der Waals surface area (Å²) in [5.41, 5.74) is 1.32. The van der Waals surface area contributed by atoms with Gasteiger partial charge in [0.2, 0.25) is 5.91 Å². The first-order chi connectivity index (χ1) is 13.1. The van der Waals surface area contributed by atoms with Gasteiger partial charge < -0.3 is 10.6 Å². The van der Waals surface area contributed by atoms with Crippen LogP contribution in [0.15, 0.2) is 11.8 Å². The van der Waals surface area contributed by atoms with E-state index in [1.54, 1.807) is 0 Å².